The lowest BCUT2D eigenvalue weighted by atomic mass is 9.94. The molecule has 1 saturated heterocycles. The summed E-state index contributed by atoms with van der Waals surface area (Å²) in [6, 6.07) is 0.753. The average Bonchev–Trinajstić information content (AvgIpc) is 2.60. The maximum atomic E-state index is 12.5. The van der Waals surface area contributed by atoms with Crippen molar-refractivity contribution in [3.8, 4) is 0 Å². The molecule has 0 unspecified atom stereocenters. The Hall–Kier alpha value is -0.850. The molecule has 2 rings (SSSR count). The molecule has 1 saturated carbocycles. The van der Waals surface area contributed by atoms with Gasteiger partial charge in [-0.3, -0.25) is 19.4 Å². The Kier molecular flexibility index (Phi) is 9.75. The Balaban J connectivity index is 0.00000312. The fourth-order valence-corrected chi connectivity index (χ4v) is 4.09. The molecule has 146 valence electrons. The van der Waals surface area contributed by atoms with E-state index in [4.69, 9.17) is 5.11 Å². The molecule has 0 aromatic heterocycles. The van der Waals surface area contributed by atoms with Gasteiger partial charge in [0, 0.05) is 32.2 Å². The molecule has 1 N–H and O–H groups in total. The van der Waals surface area contributed by atoms with Gasteiger partial charge in [0.1, 0.15) is 0 Å². The van der Waals surface area contributed by atoms with Gasteiger partial charge in [0.25, 0.3) is 0 Å². The van der Waals surface area contributed by atoms with Crippen molar-refractivity contribution in [2.24, 2.45) is 0 Å². The molecule has 0 bridgehead atoms. The van der Waals surface area contributed by atoms with Gasteiger partial charge in [0.15, 0.2) is 0 Å². The number of rotatable bonds is 7. The van der Waals surface area contributed by atoms with Crippen LogP contribution < -0.4 is 0 Å². The number of likely N-dealkylation sites (tertiary alicyclic amines) is 1. The average molecular weight is 376 g/mol. The molecule has 1 amide bonds. The molecule has 25 heavy (non-hydrogen) atoms. The SMILES string of the molecule is CCN(CC(=O)O)C1CCN(CC(=O)N(C)C2CCCCC2)CC1.Cl. The third-order valence-corrected chi connectivity index (χ3v) is 5.69. The fraction of sp³-hybridized carbons (Fsp3) is 0.889. The molecule has 7 heteroatoms. The first-order valence-corrected chi connectivity index (χ1v) is 9.45. The number of halogens is 1. The third-order valence-electron chi connectivity index (χ3n) is 5.69. The highest BCUT2D eigenvalue weighted by Gasteiger charge is 2.28. The van der Waals surface area contributed by atoms with Crippen molar-refractivity contribution in [2.45, 2.75) is 64.0 Å². The second-order valence-electron chi connectivity index (χ2n) is 7.26. The van der Waals surface area contributed by atoms with Crippen LogP contribution in [0.5, 0.6) is 0 Å². The highest BCUT2D eigenvalue weighted by molar-refractivity contribution is 5.85. The van der Waals surface area contributed by atoms with Crippen LogP contribution in [0.15, 0.2) is 0 Å². The summed E-state index contributed by atoms with van der Waals surface area (Å²) in [5, 5.41) is 9.00. The lowest BCUT2D eigenvalue weighted by molar-refractivity contribution is -0.139. The van der Waals surface area contributed by atoms with Gasteiger partial charge in [-0.2, -0.15) is 0 Å². The lowest BCUT2D eigenvalue weighted by Crippen LogP contribution is -2.50. The second-order valence-corrected chi connectivity index (χ2v) is 7.26. The Bertz CT molecular complexity index is 422. The van der Waals surface area contributed by atoms with Crippen LogP contribution in [0.2, 0.25) is 0 Å². The summed E-state index contributed by atoms with van der Waals surface area (Å²) in [5.41, 5.74) is 0. The van der Waals surface area contributed by atoms with Gasteiger partial charge in [0.05, 0.1) is 13.1 Å². The summed E-state index contributed by atoms with van der Waals surface area (Å²) in [5.74, 6) is -0.526. The number of carboxylic acid groups (broad SMARTS) is 1. The van der Waals surface area contributed by atoms with Crippen LogP contribution >= 0.6 is 12.4 Å². The maximum absolute atomic E-state index is 12.5. The molecule has 2 fully saturated rings. The Morgan fingerprint density at radius 1 is 1.04 bits per heavy atom. The van der Waals surface area contributed by atoms with Crippen molar-refractivity contribution in [1.82, 2.24) is 14.7 Å². The molecular weight excluding hydrogens is 342 g/mol. The van der Waals surface area contributed by atoms with E-state index in [0.717, 1.165) is 45.3 Å². The lowest BCUT2D eigenvalue weighted by Gasteiger charge is -2.38. The van der Waals surface area contributed by atoms with Crippen molar-refractivity contribution in [3.63, 3.8) is 0 Å². The number of carboxylic acids is 1. The molecule has 0 spiro atoms. The number of hydrogen-bond acceptors (Lipinski definition) is 4. The number of amides is 1. The van der Waals surface area contributed by atoms with Crippen LogP contribution in [0.1, 0.15) is 51.9 Å². The molecule has 0 radical (unpaired) electrons. The van der Waals surface area contributed by atoms with E-state index in [0.29, 0.717) is 18.6 Å². The molecule has 0 aromatic rings. The largest absolute Gasteiger partial charge is 0.480 e. The quantitative estimate of drug-likeness (QED) is 0.738. The van der Waals surface area contributed by atoms with Gasteiger partial charge in [-0.25, -0.2) is 0 Å². The minimum absolute atomic E-state index is 0. The predicted molar refractivity (Wildman–Crippen MR) is 101 cm³/mol. The zero-order valence-corrected chi connectivity index (χ0v) is 16.5. The number of piperidine rings is 1. The first-order chi connectivity index (χ1) is 11.5. The van der Waals surface area contributed by atoms with Crippen molar-refractivity contribution < 1.29 is 14.7 Å². The summed E-state index contributed by atoms with van der Waals surface area (Å²) in [6.07, 6.45) is 7.96. The van der Waals surface area contributed by atoms with E-state index in [-0.39, 0.29) is 24.9 Å². The van der Waals surface area contributed by atoms with E-state index in [2.05, 4.69) is 4.90 Å². The smallest absolute Gasteiger partial charge is 0.317 e. The number of aliphatic carboxylic acids is 1. The van der Waals surface area contributed by atoms with Gasteiger partial charge in [-0.15, -0.1) is 12.4 Å². The zero-order valence-electron chi connectivity index (χ0n) is 15.7. The van der Waals surface area contributed by atoms with Crippen LogP contribution in [0.3, 0.4) is 0 Å². The van der Waals surface area contributed by atoms with Crippen LogP contribution in [-0.4, -0.2) is 83.5 Å². The van der Waals surface area contributed by atoms with Crippen LogP contribution in [0, 0.1) is 0 Å². The van der Waals surface area contributed by atoms with Crippen molar-refractivity contribution in [3.05, 3.63) is 0 Å². The molecule has 1 heterocycles. The molecule has 0 atom stereocenters. The summed E-state index contributed by atoms with van der Waals surface area (Å²) in [7, 11) is 1.96. The monoisotopic (exact) mass is 375 g/mol. The molecule has 2 aliphatic rings. The van der Waals surface area contributed by atoms with Crippen molar-refractivity contribution in [2.75, 3.05) is 39.8 Å². The fourth-order valence-electron chi connectivity index (χ4n) is 4.09. The van der Waals surface area contributed by atoms with E-state index < -0.39 is 5.97 Å². The van der Waals surface area contributed by atoms with Crippen LogP contribution in [-0.2, 0) is 9.59 Å². The summed E-state index contributed by atoms with van der Waals surface area (Å²) >= 11 is 0. The number of carbonyl (C=O) groups is 2. The molecule has 1 aliphatic heterocycles. The Morgan fingerprint density at radius 3 is 2.16 bits per heavy atom. The van der Waals surface area contributed by atoms with Gasteiger partial charge in [-0.1, -0.05) is 26.2 Å². The summed E-state index contributed by atoms with van der Waals surface area (Å²) < 4.78 is 0. The number of hydrogen-bond donors (Lipinski definition) is 1. The van der Waals surface area contributed by atoms with Gasteiger partial charge >= 0.3 is 5.97 Å². The molecular formula is C18H34ClN3O3. The second kappa shape index (κ2) is 11.0. The van der Waals surface area contributed by atoms with E-state index in [1.54, 1.807) is 0 Å². The normalized spacial score (nSPS) is 20.3. The van der Waals surface area contributed by atoms with E-state index in [1.165, 1.54) is 19.3 Å². The summed E-state index contributed by atoms with van der Waals surface area (Å²) in [4.78, 5) is 29.7. The minimum atomic E-state index is -0.761. The highest BCUT2D eigenvalue weighted by atomic mass is 35.5. The summed E-state index contributed by atoms with van der Waals surface area (Å²) in [6.45, 7) is 5.16. The predicted octanol–water partition coefficient (Wildman–Crippen LogP) is 2.07. The maximum Gasteiger partial charge on any atom is 0.317 e. The number of carbonyl (C=O) groups excluding carboxylic acids is 1. The van der Waals surface area contributed by atoms with E-state index in [9.17, 15) is 9.59 Å². The molecule has 1 aliphatic carbocycles. The number of nitrogens with zero attached hydrogens (tertiary/aromatic N) is 3. The van der Waals surface area contributed by atoms with Crippen LogP contribution in [0.4, 0.5) is 0 Å². The van der Waals surface area contributed by atoms with Crippen molar-refractivity contribution in [1.29, 1.82) is 0 Å². The van der Waals surface area contributed by atoms with Gasteiger partial charge < -0.3 is 10.0 Å². The molecule has 0 aromatic carbocycles. The topological polar surface area (TPSA) is 64.1 Å². The standard InChI is InChI=1S/C18H33N3O3.ClH/c1-3-21(14-18(23)24)16-9-11-20(12-10-16)13-17(22)19(2)15-7-5-4-6-8-15;/h15-16H,3-14H2,1-2H3,(H,23,24);1H. The first-order valence-electron chi connectivity index (χ1n) is 9.45. The first kappa shape index (κ1) is 22.2. The van der Waals surface area contributed by atoms with Crippen LogP contribution in [0.25, 0.3) is 0 Å². The van der Waals surface area contributed by atoms with Gasteiger partial charge in [-0.05, 0) is 32.2 Å². The third kappa shape index (κ3) is 6.76. The number of likely N-dealkylation sites (N-methyl/N-ethyl adjacent to an activating group) is 2. The van der Waals surface area contributed by atoms with Crippen molar-refractivity contribution >= 4 is 24.3 Å². The Morgan fingerprint density at radius 2 is 1.64 bits per heavy atom. The highest BCUT2D eigenvalue weighted by Crippen LogP contribution is 2.22. The molecule has 6 nitrogen and oxygen atoms in total. The van der Waals surface area contributed by atoms with E-state index >= 15 is 0 Å². The van der Waals surface area contributed by atoms with Gasteiger partial charge in [0.2, 0.25) is 5.91 Å². The Labute approximate surface area is 157 Å². The van der Waals surface area contributed by atoms with E-state index in [1.807, 2.05) is 23.8 Å². The zero-order chi connectivity index (χ0) is 17.5. The minimum Gasteiger partial charge on any atom is -0.480 e.